The van der Waals surface area contributed by atoms with Gasteiger partial charge in [0.25, 0.3) is 0 Å². The Kier molecular flexibility index (Phi) is 6.90. The van der Waals surface area contributed by atoms with Crippen molar-refractivity contribution in [2.24, 2.45) is 0 Å². The highest BCUT2D eigenvalue weighted by Gasteiger charge is 2.09. The topological polar surface area (TPSA) is 85.5 Å². The summed E-state index contributed by atoms with van der Waals surface area (Å²) >= 11 is 0. The standard InChI is InChI=1S/C14H20N2O3/c1-2-12(9-17)16-8-13(18)10-19-14-5-3-11(7-15)4-6-14/h3-6,12-13,16-18H,2,8-10H2,1H3/t12-,13-/m1/s1. The minimum atomic E-state index is -0.642. The molecule has 19 heavy (non-hydrogen) atoms. The maximum absolute atomic E-state index is 9.73. The number of hydrogen-bond donors (Lipinski definition) is 3. The molecule has 1 aromatic rings. The van der Waals surface area contributed by atoms with Crippen LogP contribution in [0.5, 0.6) is 5.75 Å². The first-order chi connectivity index (χ1) is 9.19. The van der Waals surface area contributed by atoms with Gasteiger partial charge in [0, 0.05) is 12.6 Å². The van der Waals surface area contributed by atoms with E-state index in [1.165, 1.54) is 0 Å². The molecule has 0 saturated carbocycles. The zero-order valence-corrected chi connectivity index (χ0v) is 11.0. The molecule has 0 heterocycles. The molecule has 0 amide bonds. The van der Waals surface area contributed by atoms with Crippen LogP contribution in [0.15, 0.2) is 24.3 Å². The number of nitrogens with zero attached hydrogens (tertiary/aromatic N) is 1. The van der Waals surface area contributed by atoms with Gasteiger partial charge in [-0.05, 0) is 30.7 Å². The number of hydrogen-bond acceptors (Lipinski definition) is 5. The second-order valence-electron chi connectivity index (χ2n) is 4.30. The van der Waals surface area contributed by atoms with Crippen molar-refractivity contribution in [1.29, 1.82) is 5.26 Å². The first kappa shape index (κ1) is 15.4. The highest BCUT2D eigenvalue weighted by atomic mass is 16.5. The number of nitriles is 1. The van der Waals surface area contributed by atoms with E-state index in [2.05, 4.69) is 5.32 Å². The lowest BCUT2D eigenvalue weighted by molar-refractivity contribution is 0.0995. The van der Waals surface area contributed by atoms with Crippen LogP contribution in [0.3, 0.4) is 0 Å². The second kappa shape index (κ2) is 8.48. The molecule has 0 aliphatic rings. The lowest BCUT2D eigenvalue weighted by Gasteiger charge is -2.17. The van der Waals surface area contributed by atoms with Crippen LogP contribution in [0.4, 0.5) is 0 Å². The predicted molar refractivity (Wildman–Crippen MR) is 71.8 cm³/mol. The van der Waals surface area contributed by atoms with Gasteiger partial charge in [0.1, 0.15) is 18.5 Å². The highest BCUT2D eigenvalue weighted by molar-refractivity contribution is 5.34. The number of ether oxygens (including phenoxy) is 1. The molecule has 0 aliphatic heterocycles. The quantitative estimate of drug-likeness (QED) is 0.642. The van der Waals surface area contributed by atoms with E-state index in [1.807, 2.05) is 13.0 Å². The number of benzene rings is 1. The first-order valence-corrected chi connectivity index (χ1v) is 6.34. The average Bonchev–Trinajstić information content (AvgIpc) is 2.46. The third-order valence-electron chi connectivity index (χ3n) is 2.78. The number of rotatable bonds is 8. The molecule has 0 aromatic heterocycles. The van der Waals surface area contributed by atoms with Crippen molar-refractivity contribution in [2.75, 3.05) is 19.8 Å². The van der Waals surface area contributed by atoms with Gasteiger partial charge in [0.05, 0.1) is 18.2 Å². The summed E-state index contributed by atoms with van der Waals surface area (Å²) in [4.78, 5) is 0. The van der Waals surface area contributed by atoms with E-state index in [4.69, 9.17) is 15.1 Å². The van der Waals surface area contributed by atoms with Gasteiger partial charge in [-0.15, -0.1) is 0 Å². The van der Waals surface area contributed by atoms with Crippen LogP contribution >= 0.6 is 0 Å². The fourth-order valence-corrected chi connectivity index (χ4v) is 1.52. The van der Waals surface area contributed by atoms with Gasteiger partial charge >= 0.3 is 0 Å². The fraction of sp³-hybridized carbons (Fsp3) is 0.500. The molecule has 0 saturated heterocycles. The Morgan fingerprint density at radius 3 is 2.58 bits per heavy atom. The van der Waals surface area contributed by atoms with E-state index < -0.39 is 6.10 Å². The molecule has 1 aromatic carbocycles. The Labute approximate surface area is 113 Å². The van der Waals surface area contributed by atoms with Crippen LogP contribution in [0.1, 0.15) is 18.9 Å². The lowest BCUT2D eigenvalue weighted by atomic mass is 10.2. The predicted octanol–water partition coefficient (Wildman–Crippen LogP) is 0.658. The summed E-state index contributed by atoms with van der Waals surface area (Å²) in [6.45, 7) is 2.56. The molecule has 0 fully saturated rings. The molecular weight excluding hydrogens is 244 g/mol. The van der Waals surface area contributed by atoms with Gasteiger partial charge in [0.2, 0.25) is 0 Å². The highest BCUT2D eigenvalue weighted by Crippen LogP contribution is 2.11. The normalized spacial score (nSPS) is 13.6. The molecule has 1 rings (SSSR count). The molecule has 5 heteroatoms. The van der Waals surface area contributed by atoms with Gasteiger partial charge < -0.3 is 20.3 Å². The van der Waals surface area contributed by atoms with E-state index in [0.717, 1.165) is 6.42 Å². The molecule has 0 aliphatic carbocycles. The lowest BCUT2D eigenvalue weighted by Crippen LogP contribution is -2.39. The second-order valence-corrected chi connectivity index (χ2v) is 4.30. The van der Waals surface area contributed by atoms with Crippen molar-refractivity contribution in [1.82, 2.24) is 5.32 Å². The van der Waals surface area contributed by atoms with Crippen molar-refractivity contribution in [3.63, 3.8) is 0 Å². The Bertz CT molecular complexity index is 396. The Morgan fingerprint density at radius 2 is 2.05 bits per heavy atom. The fourth-order valence-electron chi connectivity index (χ4n) is 1.52. The number of nitrogens with one attached hydrogen (secondary N) is 1. The number of aliphatic hydroxyl groups excluding tert-OH is 2. The largest absolute Gasteiger partial charge is 0.491 e. The first-order valence-electron chi connectivity index (χ1n) is 6.34. The SMILES string of the molecule is CC[C@H](CO)NC[C@@H](O)COc1ccc(C#N)cc1. The average molecular weight is 264 g/mol. The van der Waals surface area contributed by atoms with Crippen molar-refractivity contribution in [3.8, 4) is 11.8 Å². The van der Waals surface area contributed by atoms with Gasteiger partial charge in [-0.3, -0.25) is 0 Å². The van der Waals surface area contributed by atoms with Gasteiger partial charge in [-0.25, -0.2) is 0 Å². The van der Waals surface area contributed by atoms with E-state index >= 15 is 0 Å². The van der Waals surface area contributed by atoms with Crippen LogP contribution in [0.2, 0.25) is 0 Å². The summed E-state index contributed by atoms with van der Waals surface area (Å²) in [7, 11) is 0. The Balaban J connectivity index is 2.29. The number of aliphatic hydroxyl groups is 2. The minimum absolute atomic E-state index is 0.00422. The van der Waals surface area contributed by atoms with Crippen LogP contribution < -0.4 is 10.1 Å². The third kappa shape index (κ3) is 5.71. The molecule has 0 spiro atoms. The smallest absolute Gasteiger partial charge is 0.119 e. The van der Waals surface area contributed by atoms with E-state index in [0.29, 0.717) is 17.9 Å². The van der Waals surface area contributed by atoms with Crippen LogP contribution in [0, 0.1) is 11.3 Å². The van der Waals surface area contributed by atoms with Crippen molar-refractivity contribution >= 4 is 0 Å². The van der Waals surface area contributed by atoms with E-state index in [-0.39, 0.29) is 19.3 Å². The molecule has 2 atom stereocenters. The molecule has 0 radical (unpaired) electrons. The van der Waals surface area contributed by atoms with Crippen LogP contribution in [-0.4, -0.2) is 42.1 Å². The molecule has 3 N–H and O–H groups in total. The van der Waals surface area contributed by atoms with E-state index in [9.17, 15) is 5.11 Å². The summed E-state index contributed by atoms with van der Waals surface area (Å²) < 4.78 is 5.40. The maximum Gasteiger partial charge on any atom is 0.119 e. The summed E-state index contributed by atoms with van der Waals surface area (Å²) in [5, 5.41) is 30.4. The summed E-state index contributed by atoms with van der Waals surface area (Å²) in [5.74, 6) is 0.618. The van der Waals surface area contributed by atoms with Crippen LogP contribution in [0.25, 0.3) is 0 Å². The Morgan fingerprint density at radius 1 is 1.37 bits per heavy atom. The Hall–Kier alpha value is -1.61. The van der Waals surface area contributed by atoms with Gasteiger partial charge in [-0.2, -0.15) is 5.26 Å². The molecular formula is C14H20N2O3. The summed E-state index contributed by atoms with van der Waals surface area (Å²) in [6.07, 6.45) is 0.163. The molecule has 0 unspecified atom stereocenters. The zero-order valence-electron chi connectivity index (χ0n) is 11.0. The minimum Gasteiger partial charge on any atom is -0.491 e. The van der Waals surface area contributed by atoms with E-state index in [1.54, 1.807) is 24.3 Å². The van der Waals surface area contributed by atoms with Crippen molar-refractivity contribution in [2.45, 2.75) is 25.5 Å². The zero-order chi connectivity index (χ0) is 14.1. The summed E-state index contributed by atoms with van der Waals surface area (Å²) in [6, 6.07) is 8.75. The van der Waals surface area contributed by atoms with Gasteiger partial charge in [-0.1, -0.05) is 6.92 Å². The van der Waals surface area contributed by atoms with Crippen LogP contribution in [-0.2, 0) is 0 Å². The van der Waals surface area contributed by atoms with Crippen molar-refractivity contribution in [3.05, 3.63) is 29.8 Å². The van der Waals surface area contributed by atoms with Gasteiger partial charge in [0.15, 0.2) is 0 Å². The molecule has 5 nitrogen and oxygen atoms in total. The molecule has 0 bridgehead atoms. The monoisotopic (exact) mass is 264 g/mol. The third-order valence-corrected chi connectivity index (χ3v) is 2.78. The molecule has 104 valence electrons. The maximum atomic E-state index is 9.73. The van der Waals surface area contributed by atoms with Crippen molar-refractivity contribution < 1.29 is 14.9 Å². The summed E-state index contributed by atoms with van der Waals surface area (Å²) in [5.41, 5.74) is 0.572.